The van der Waals surface area contributed by atoms with Crippen molar-refractivity contribution in [3.8, 4) is 0 Å². The summed E-state index contributed by atoms with van der Waals surface area (Å²) in [7, 11) is 1.72. The van der Waals surface area contributed by atoms with E-state index in [2.05, 4.69) is 15.5 Å². The van der Waals surface area contributed by atoms with E-state index in [0.29, 0.717) is 18.8 Å². The second-order valence-electron chi connectivity index (χ2n) is 8.34. The van der Waals surface area contributed by atoms with Gasteiger partial charge >= 0.3 is 0 Å². The Hall–Kier alpha value is -2.53. The van der Waals surface area contributed by atoms with Crippen LogP contribution in [0.2, 0.25) is 0 Å². The summed E-state index contributed by atoms with van der Waals surface area (Å²) in [6, 6.07) is 4.55. The van der Waals surface area contributed by atoms with Crippen molar-refractivity contribution in [3.63, 3.8) is 0 Å². The minimum Gasteiger partial charge on any atom is -0.386 e. The molecule has 2 atom stereocenters. The van der Waals surface area contributed by atoms with Crippen molar-refractivity contribution in [1.29, 1.82) is 0 Å². The van der Waals surface area contributed by atoms with Crippen molar-refractivity contribution in [2.75, 3.05) is 50.0 Å². The fourth-order valence-electron chi connectivity index (χ4n) is 4.10. The Morgan fingerprint density at radius 1 is 1.19 bits per heavy atom. The number of aliphatic hydroxyl groups is 2. The zero-order valence-corrected chi connectivity index (χ0v) is 17.9. The van der Waals surface area contributed by atoms with Crippen molar-refractivity contribution in [3.05, 3.63) is 24.0 Å². The minimum absolute atomic E-state index is 0.117. The minimum atomic E-state index is -3.03. The van der Waals surface area contributed by atoms with Gasteiger partial charge in [0.05, 0.1) is 17.9 Å². The highest BCUT2D eigenvalue weighted by molar-refractivity contribution is 5.90. The van der Waals surface area contributed by atoms with Crippen molar-refractivity contribution >= 4 is 23.2 Å². The molecule has 0 aromatic heterocycles. The highest BCUT2D eigenvalue weighted by Crippen LogP contribution is 2.30. The van der Waals surface area contributed by atoms with Crippen LogP contribution < -0.4 is 15.5 Å². The van der Waals surface area contributed by atoms with E-state index in [0.717, 1.165) is 23.4 Å². The van der Waals surface area contributed by atoms with Gasteiger partial charge in [-0.05, 0) is 37.0 Å². The van der Waals surface area contributed by atoms with Gasteiger partial charge in [-0.25, -0.2) is 13.2 Å². The number of piperidine rings is 1. The van der Waals surface area contributed by atoms with Crippen LogP contribution in [0.4, 0.5) is 24.5 Å². The second-order valence-corrected chi connectivity index (χ2v) is 8.34. The molecule has 11 heteroatoms. The number of aliphatic hydroxyl groups excluding tert-OH is 2. The number of amides is 2. The lowest BCUT2D eigenvalue weighted by molar-refractivity contribution is -0.153. The van der Waals surface area contributed by atoms with Gasteiger partial charge in [0, 0.05) is 39.6 Å². The van der Waals surface area contributed by atoms with E-state index < -0.39 is 42.9 Å². The van der Waals surface area contributed by atoms with Crippen molar-refractivity contribution < 1.29 is 33.0 Å². The summed E-state index contributed by atoms with van der Waals surface area (Å²) in [4.78, 5) is 27.2. The molecule has 0 saturated carbocycles. The standard InChI is InChI=1S/C21H29F3N4O4/c1-25-15-10-14(22)2-3-16(15)27-7-4-13(5-8-27)11-26-19(31)17(29)18(30)20(32)28-9-6-21(23,24)12-28/h2-3,10,13,17-18,25,29-30H,4-9,11-12H2,1H3,(H,26,31)/t17-,18-/m1/s1. The van der Waals surface area contributed by atoms with Gasteiger partial charge in [-0.15, -0.1) is 0 Å². The number of rotatable bonds is 7. The lowest BCUT2D eigenvalue weighted by atomic mass is 9.96. The molecule has 8 nitrogen and oxygen atoms in total. The number of benzene rings is 1. The monoisotopic (exact) mass is 458 g/mol. The molecule has 4 N–H and O–H groups in total. The Morgan fingerprint density at radius 2 is 1.88 bits per heavy atom. The molecule has 2 aliphatic rings. The van der Waals surface area contributed by atoms with Crippen LogP contribution in [0.3, 0.4) is 0 Å². The molecular weight excluding hydrogens is 429 g/mol. The summed E-state index contributed by atoms with van der Waals surface area (Å²) >= 11 is 0. The van der Waals surface area contributed by atoms with Crippen molar-refractivity contribution in [2.24, 2.45) is 5.92 Å². The van der Waals surface area contributed by atoms with Crippen LogP contribution in [-0.4, -0.2) is 84.8 Å². The third kappa shape index (κ3) is 5.63. The molecular formula is C21H29F3N4O4. The maximum atomic E-state index is 13.4. The predicted molar refractivity (Wildman–Crippen MR) is 112 cm³/mol. The third-order valence-corrected chi connectivity index (χ3v) is 6.05. The summed E-state index contributed by atoms with van der Waals surface area (Å²) in [5.74, 6) is -5.24. The second kappa shape index (κ2) is 9.95. The van der Waals surface area contributed by atoms with Crippen LogP contribution in [0.1, 0.15) is 19.3 Å². The van der Waals surface area contributed by atoms with Gasteiger partial charge in [-0.3, -0.25) is 9.59 Å². The van der Waals surface area contributed by atoms with Crippen molar-refractivity contribution in [1.82, 2.24) is 10.2 Å². The molecule has 0 bridgehead atoms. The van der Waals surface area contributed by atoms with E-state index in [4.69, 9.17) is 0 Å². The first-order valence-electron chi connectivity index (χ1n) is 10.6. The van der Waals surface area contributed by atoms with E-state index in [1.807, 2.05) is 0 Å². The van der Waals surface area contributed by atoms with Gasteiger partial charge in [0.2, 0.25) is 0 Å². The van der Waals surface area contributed by atoms with E-state index >= 15 is 0 Å². The maximum absolute atomic E-state index is 13.4. The van der Waals surface area contributed by atoms with Gasteiger partial charge in [0.1, 0.15) is 5.82 Å². The largest absolute Gasteiger partial charge is 0.386 e. The number of nitrogens with zero attached hydrogens (tertiary/aromatic N) is 2. The summed E-state index contributed by atoms with van der Waals surface area (Å²) in [6.07, 6.45) is -3.17. The number of carbonyl (C=O) groups is 2. The molecule has 2 fully saturated rings. The third-order valence-electron chi connectivity index (χ3n) is 6.05. The van der Waals surface area contributed by atoms with Gasteiger partial charge in [-0.2, -0.15) is 0 Å². The smallest absolute Gasteiger partial charge is 0.267 e. The lowest BCUT2D eigenvalue weighted by Crippen LogP contribution is -2.51. The molecule has 32 heavy (non-hydrogen) atoms. The van der Waals surface area contributed by atoms with Gasteiger partial charge in [-0.1, -0.05) is 0 Å². The normalized spacial score (nSPS) is 20.7. The van der Waals surface area contributed by atoms with Gasteiger partial charge < -0.3 is 30.6 Å². The highest BCUT2D eigenvalue weighted by Gasteiger charge is 2.43. The SMILES string of the molecule is CNc1cc(F)ccc1N1CCC(CNC(=O)[C@H](O)[C@@H](O)C(=O)N2CCC(F)(F)C2)CC1. The van der Waals surface area contributed by atoms with Crippen LogP contribution in [0, 0.1) is 11.7 Å². The molecule has 178 valence electrons. The molecule has 0 radical (unpaired) electrons. The van der Waals surface area contributed by atoms with Gasteiger partial charge in [0.25, 0.3) is 17.7 Å². The number of hydrogen-bond acceptors (Lipinski definition) is 6. The van der Waals surface area contributed by atoms with Crippen molar-refractivity contribution in [2.45, 2.75) is 37.4 Å². The average molecular weight is 458 g/mol. The quantitative estimate of drug-likeness (QED) is 0.482. The predicted octanol–water partition coefficient (Wildman–Crippen LogP) is 0.789. The van der Waals surface area contributed by atoms with E-state index in [1.165, 1.54) is 12.1 Å². The Morgan fingerprint density at radius 3 is 2.47 bits per heavy atom. The summed E-state index contributed by atoms with van der Waals surface area (Å²) in [5, 5.41) is 25.5. The molecule has 2 amide bonds. The first-order chi connectivity index (χ1) is 15.1. The molecule has 0 spiro atoms. The van der Waals surface area contributed by atoms with Crippen LogP contribution in [0.25, 0.3) is 0 Å². The Labute approximate surface area is 184 Å². The molecule has 2 heterocycles. The molecule has 0 aliphatic carbocycles. The van der Waals surface area contributed by atoms with E-state index in [9.17, 15) is 33.0 Å². The fourth-order valence-corrected chi connectivity index (χ4v) is 4.10. The Balaban J connectivity index is 1.45. The first-order valence-corrected chi connectivity index (χ1v) is 10.6. The van der Waals surface area contributed by atoms with Crippen LogP contribution in [0.5, 0.6) is 0 Å². The molecule has 1 aromatic rings. The molecule has 0 unspecified atom stereocenters. The number of halogens is 3. The number of nitrogens with one attached hydrogen (secondary N) is 2. The average Bonchev–Trinajstić information content (AvgIpc) is 3.15. The summed E-state index contributed by atoms with van der Waals surface area (Å²) in [6.45, 7) is 0.550. The lowest BCUT2D eigenvalue weighted by Gasteiger charge is -2.35. The number of carbonyl (C=O) groups excluding carboxylic acids is 2. The molecule has 2 aliphatic heterocycles. The highest BCUT2D eigenvalue weighted by atomic mass is 19.3. The number of hydrogen-bond donors (Lipinski definition) is 4. The zero-order valence-electron chi connectivity index (χ0n) is 17.9. The number of likely N-dealkylation sites (tertiary alicyclic amines) is 1. The van der Waals surface area contributed by atoms with Crippen LogP contribution in [0.15, 0.2) is 18.2 Å². The number of anilines is 2. The zero-order chi connectivity index (χ0) is 23.5. The van der Waals surface area contributed by atoms with Crippen LogP contribution in [-0.2, 0) is 9.59 Å². The fraction of sp³-hybridized carbons (Fsp3) is 0.619. The summed E-state index contributed by atoms with van der Waals surface area (Å²) in [5.41, 5.74) is 1.58. The first kappa shape index (κ1) is 24.1. The Bertz CT molecular complexity index is 833. The molecule has 1 aromatic carbocycles. The summed E-state index contributed by atoms with van der Waals surface area (Å²) < 4.78 is 40.0. The maximum Gasteiger partial charge on any atom is 0.267 e. The Kier molecular flexibility index (Phi) is 7.50. The van der Waals surface area contributed by atoms with E-state index in [-0.39, 0.29) is 24.8 Å². The van der Waals surface area contributed by atoms with Gasteiger partial charge in [0.15, 0.2) is 12.2 Å². The molecule has 2 saturated heterocycles. The topological polar surface area (TPSA) is 105 Å². The number of alkyl halides is 2. The molecule has 3 rings (SSSR count). The van der Waals surface area contributed by atoms with E-state index in [1.54, 1.807) is 13.1 Å². The van der Waals surface area contributed by atoms with Crippen LogP contribution >= 0.6 is 0 Å².